The topological polar surface area (TPSA) is 84.2 Å². The Balaban J connectivity index is 1.74. The van der Waals surface area contributed by atoms with Crippen LogP contribution in [-0.4, -0.2) is 32.3 Å². The van der Waals surface area contributed by atoms with Crippen LogP contribution in [0.3, 0.4) is 0 Å². The van der Waals surface area contributed by atoms with Crippen molar-refractivity contribution in [2.24, 2.45) is 5.92 Å². The molecule has 0 unspecified atom stereocenters. The molecule has 6 nitrogen and oxygen atoms in total. The highest BCUT2D eigenvalue weighted by Gasteiger charge is 2.42. The molecule has 0 aliphatic heterocycles. The first-order valence-corrected chi connectivity index (χ1v) is 7.95. The number of rotatable bonds is 4. The van der Waals surface area contributed by atoms with Crippen molar-refractivity contribution in [1.29, 1.82) is 0 Å². The number of benzene rings is 1. The molecule has 1 aromatic carbocycles. The number of para-hydroxylation sites is 1. The molecule has 1 aliphatic rings. The lowest BCUT2D eigenvalue weighted by atomic mass is 9.77. The number of carboxylic acid groups (broad SMARTS) is 1. The van der Waals surface area contributed by atoms with Gasteiger partial charge >= 0.3 is 5.97 Å². The molecule has 1 saturated carbocycles. The Kier molecular flexibility index (Phi) is 4.07. The molecule has 23 heavy (non-hydrogen) atoms. The lowest BCUT2D eigenvalue weighted by molar-refractivity contribution is -0.149. The first-order chi connectivity index (χ1) is 11.0. The first kappa shape index (κ1) is 15.5. The highest BCUT2D eigenvalue weighted by molar-refractivity contribution is 5.88. The van der Waals surface area contributed by atoms with E-state index in [0.717, 1.165) is 23.7 Å². The van der Waals surface area contributed by atoms with Gasteiger partial charge in [0.2, 0.25) is 5.91 Å². The maximum Gasteiger partial charge on any atom is 0.329 e. The standard InChI is InChI=1S/C17H21N3O3/c1-12-6-8-17(9-7-12,16(22)23)19-15(21)11-20-14-5-3-2-4-13(14)10-18-20/h2-5,10,12H,6-9,11H2,1H3,(H,19,21)(H,22,23). The van der Waals surface area contributed by atoms with Gasteiger partial charge in [-0.2, -0.15) is 5.10 Å². The summed E-state index contributed by atoms with van der Waals surface area (Å²) in [5, 5.41) is 17.5. The van der Waals surface area contributed by atoms with Crippen molar-refractivity contribution in [3.05, 3.63) is 30.5 Å². The van der Waals surface area contributed by atoms with Gasteiger partial charge in [-0.15, -0.1) is 0 Å². The number of carboxylic acids is 1. The summed E-state index contributed by atoms with van der Waals surface area (Å²) < 4.78 is 1.60. The molecule has 6 heteroatoms. The third-order valence-electron chi connectivity index (χ3n) is 4.76. The lowest BCUT2D eigenvalue weighted by Crippen LogP contribution is -2.56. The third-order valence-corrected chi connectivity index (χ3v) is 4.76. The molecule has 3 rings (SSSR count). The fourth-order valence-electron chi connectivity index (χ4n) is 3.24. The maximum atomic E-state index is 12.4. The molecule has 1 amide bonds. The van der Waals surface area contributed by atoms with Gasteiger partial charge < -0.3 is 10.4 Å². The number of nitrogens with one attached hydrogen (secondary N) is 1. The average molecular weight is 315 g/mol. The molecule has 1 heterocycles. The van der Waals surface area contributed by atoms with Crippen LogP contribution in [0.5, 0.6) is 0 Å². The van der Waals surface area contributed by atoms with Crippen LogP contribution in [0.4, 0.5) is 0 Å². The van der Waals surface area contributed by atoms with Crippen molar-refractivity contribution >= 4 is 22.8 Å². The van der Waals surface area contributed by atoms with Crippen LogP contribution in [0.15, 0.2) is 30.5 Å². The number of aromatic nitrogens is 2. The summed E-state index contributed by atoms with van der Waals surface area (Å²) in [6.45, 7) is 2.14. The molecule has 1 aromatic heterocycles. The quantitative estimate of drug-likeness (QED) is 0.906. The zero-order chi connectivity index (χ0) is 16.4. The molecule has 0 bridgehead atoms. The van der Waals surface area contributed by atoms with Crippen LogP contribution in [0.25, 0.3) is 10.9 Å². The fourth-order valence-corrected chi connectivity index (χ4v) is 3.24. The van der Waals surface area contributed by atoms with E-state index in [1.54, 1.807) is 10.9 Å². The smallest absolute Gasteiger partial charge is 0.329 e. The summed E-state index contributed by atoms with van der Waals surface area (Å²) in [6.07, 6.45) is 4.30. The largest absolute Gasteiger partial charge is 0.480 e. The van der Waals surface area contributed by atoms with Crippen LogP contribution in [0.2, 0.25) is 0 Å². The van der Waals surface area contributed by atoms with E-state index in [1.165, 1.54) is 0 Å². The number of amides is 1. The van der Waals surface area contributed by atoms with E-state index in [1.807, 2.05) is 24.3 Å². The van der Waals surface area contributed by atoms with Crippen LogP contribution in [0, 0.1) is 5.92 Å². The second-order valence-corrected chi connectivity index (χ2v) is 6.48. The Labute approximate surface area is 134 Å². The van der Waals surface area contributed by atoms with Gasteiger partial charge in [0, 0.05) is 5.39 Å². The van der Waals surface area contributed by atoms with Crippen LogP contribution < -0.4 is 5.32 Å². The van der Waals surface area contributed by atoms with E-state index in [4.69, 9.17) is 0 Å². The van der Waals surface area contributed by atoms with Crippen molar-refractivity contribution < 1.29 is 14.7 Å². The summed E-state index contributed by atoms with van der Waals surface area (Å²) in [4.78, 5) is 24.1. The zero-order valence-electron chi connectivity index (χ0n) is 13.2. The molecule has 0 spiro atoms. The average Bonchev–Trinajstić information content (AvgIpc) is 2.93. The summed E-state index contributed by atoms with van der Waals surface area (Å²) >= 11 is 0. The number of carbonyl (C=O) groups excluding carboxylic acids is 1. The van der Waals surface area contributed by atoms with Gasteiger partial charge in [-0.05, 0) is 37.7 Å². The van der Waals surface area contributed by atoms with Crippen molar-refractivity contribution in [3.8, 4) is 0 Å². The summed E-state index contributed by atoms with van der Waals surface area (Å²) in [7, 11) is 0. The van der Waals surface area contributed by atoms with Crippen LogP contribution in [0.1, 0.15) is 32.6 Å². The Bertz CT molecular complexity index is 730. The summed E-state index contributed by atoms with van der Waals surface area (Å²) in [6, 6.07) is 7.62. The minimum Gasteiger partial charge on any atom is -0.480 e. The van der Waals surface area contributed by atoms with Crippen LogP contribution in [-0.2, 0) is 16.1 Å². The van der Waals surface area contributed by atoms with Gasteiger partial charge in [-0.3, -0.25) is 9.48 Å². The Morgan fingerprint density at radius 3 is 2.74 bits per heavy atom. The third kappa shape index (κ3) is 3.06. The minimum absolute atomic E-state index is 0.0259. The normalized spacial score (nSPS) is 24.5. The summed E-state index contributed by atoms with van der Waals surface area (Å²) in [5.74, 6) is -0.742. The number of hydrogen-bond acceptors (Lipinski definition) is 3. The second kappa shape index (κ2) is 6.02. The number of aliphatic carboxylic acids is 1. The van der Waals surface area contributed by atoms with Gasteiger partial charge in [0.1, 0.15) is 12.1 Å². The zero-order valence-corrected chi connectivity index (χ0v) is 13.2. The van der Waals surface area contributed by atoms with E-state index < -0.39 is 11.5 Å². The van der Waals surface area contributed by atoms with Crippen LogP contribution >= 0.6 is 0 Å². The SMILES string of the molecule is CC1CCC(NC(=O)Cn2ncc3ccccc32)(C(=O)O)CC1. The minimum atomic E-state index is -1.13. The highest BCUT2D eigenvalue weighted by atomic mass is 16.4. The first-order valence-electron chi connectivity index (χ1n) is 7.95. The van der Waals surface area contributed by atoms with E-state index in [9.17, 15) is 14.7 Å². The Hall–Kier alpha value is -2.37. The molecule has 0 saturated heterocycles. The summed E-state index contributed by atoms with van der Waals surface area (Å²) in [5.41, 5.74) is -0.267. The van der Waals surface area contributed by atoms with Crippen molar-refractivity contribution in [1.82, 2.24) is 15.1 Å². The maximum absolute atomic E-state index is 12.4. The van der Waals surface area contributed by atoms with Crippen molar-refractivity contribution in [2.45, 2.75) is 44.7 Å². The number of hydrogen-bond donors (Lipinski definition) is 2. The van der Waals surface area contributed by atoms with E-state index >= 15 is 0 Å². The van der Waals surface area contributed by atoms with Crippen molar-refractivity contribution in [2.75, 3.05) is 0 Å². The second-order valence-electron chi connectivity index (χ2n) is 6.48. The molecule has 0 radical (unpaired) electrons. The predicted octanol–water partition coefficient (Wildman–Crippen LogP) is 2.19. The lowest BCUT2D eigenvalue weighted by Gasteiger charge is -2.36. The fraction of sp³-hybridized carbons (Fsp3) is 0.471. The molecule has 2 N–H and O–H groups in total. The Morgan fingerprint density at radius 1 is 1.35 bits per heavy atom. The predicted molar refractivity (Wildman–Crippen MR) is 85.9 cm³/mol. The number of nitrogens with zero attached hydrogens (tertiary/aromatic N) is 2. The molecule has 122 valence electrons. The van der Waals surface area contributed by atoms with E-state index in [-0.39, 0.29) is 12.5 Å². The van der Waals surface area contributed by atoms with Gasteiger partial charge in [0.25, 0.3) is 0 Å². The van der Waals surface area contributed by atoms with Gasteiger partial charge in [0.05, 0.1) is 11.7 Å². The molecular formula is C17H21N3O3. The highest BCUT2D eigenvalue weighted by Crippen LogP contribution is 2.32. The molecule has 1 aliphatic carbocycles. The number of fused-ring (bicyclic) bond motifs is 1. The van der Waals surface area contributed by atoms with Gasteiger partial charge in [-0.1, -0.05) is 25.1 Å². The van der Waals surface area contributed by atoms with E-state index in [0.29, 0.717) is 18.8 Å². The monoisotopic (exact) mass is 315 g/mol. The Morgan fingerprint density at radius 2 is 2.04 bits per heavy atom. The molecular weight excluding hydrogens is 294 g/mol. The van der Waals surface area contributed by atoms with Gasteiger partial charge in [-0.25, -0.2) is 4.79 Å². The molecule has 1 fully saturated rings. The van der Waals surface area contributed by atoms with Gasteiger partial charge in [0.15, 0.2) is 0 Å². The van der Waals surface area contributed by atoms with Crippen molar-refractivity contribution in [3.63, 3.8) is 0 Å². The van der Waals surface area contributed by atoms with E-state index in [2.05, 4.69) is 17.3 Å². The molecule has 0 atom stereocenters. The molecule has 2 aromatic rings. The number of carbonyl (C=O) groups is 2.